The second-order valence-corrected chi connectivity index (χ2v) is 11.0. The highest BCUT2D eigenvalue weighted by atomic mass is 127. The van der Waals surface area contributed by atoms with Crippen molar-refractivity contribution >= 4 is 79.1 Å². The molecule has 0 unspecified atom stereocenters. The van der Waals surface area contributed by atoms with Crippen molar-refractivity contribution in [1.29, 1.82) is 0 Å². The maximum absolute atomic E-state index is 13.4. The molecule has 7 nitrogen and oxygen atoms in total. The van der Waals surface area contributed by atoms with Crippen molar-refractivity contribution in [3.05, 3.63) is 115 Å². The van der Waals surface area contributed by atoms with Gasteiger partial charge in [0.05, 0.1) is 24.4 Å². The molecule has 0 fully saturated rings. The summed E-state index contributed by atoms with van der Waals surface area (Å²) in [5.74, 6) is -0.205. The number of hydrogen-bond acceptors (Lipinski definition) is 5. The van der Waals surface area contributed by atoms with E-state index >= 15 is 0 Å². The van der Waals surface area contributed by atoms with E-state index in [4.69, 9.17) is 21.1 Å². The Morgan fingerprint density at radius 3 is 2.62 bits per heavy atom. The van der Waals surface area contributed by atoms with Gasteiger partial charge in [0.15, 0.2) is 0 Å². The molecular formula is C30H20BrClIN3O4. The van der Waals surface area contributed by atoms with Crippen molar-refractivity contribution in [2.75, 3.05) is 7.11 Å². The van der Waals surface area contributed by atoms with E-state index in [9.17, 15) is 9.59 Å². The zero-order valence-corrected chi connectivity index (χ0v) is 25.4. The number of amides is 1. The molecule has 0 bridgehead atoms. The molecule has 0 aliphatic rings. The van der Waals surface area contributed by atoms with E-state index in [1.165, 1.54) is 13.3 Å². The zero-order chi connectivity index (χ0) is 28.2. The van der Waals surface area contributed by atoms with Crippen LogP contribution in [0.4, 0.5) is 0 Å². The fraction of sp³-hybridized carbons (Fsp3) is 0.0333. The molecule has 40 heavy (non-hydrogen) atoms. The minimum Gasteiger partial charge on any atom is -0.497 e. The monoisotopic (exact) mass is 727 g/mol. The van der Waals surface area contributed by atoms with Gasteiger partial charge < -0.3 is 14.5 Å². The number of rotatable bonds is 7. The van der Waals surface area contributed by atoms with Crippen molar-refractivity contribution in [2.45, 2.75) is 0 Å². The maximum Gasteiger partial charge on any atom is 0.343 e. The number of fused-ring (bicyclic) bond motifs is 1. The van der Waals surface area contributed by atoms with Crippen LogP contribution < -0.4 is 14.9 Å². The third kappa shape index (κ3) is 5.91. The van der Waals surface area contributed by atoms with E-state index in [1.54, 1.807) is 48.5 Å². The van der Waals surface area contributed by atoms with Crippen LogP contribution in [0.5, 0.6) is 11.5 Å². The maximum atomic E-state index is 13.4. The molecule has 0 aliphatic heterocycles. The average Bonchev–Trinajstić information content (AvgIpc) is 3.35. The highest BCUT2D eigenvalue weighted by molar-refractivity contribution is 14.1. The van der Waals surface area contributed by atoms with Gasteiger partial charge in [0.1, 0.15) is 17.2 Å². The first-order valence-corrected chi connectivity index (χ1v) is 14.1. The molecule has 0 saturated carbocycles. The summed E-state index contributed by atoms with van der Waals surface area (Å²) in [5, 5.41) is 5.56. The molecule has 0 radical (unpaired) electrons. The Balaban J connectivity index is 1.43. The Morgan fingerprint density at radius 1 is 1.02 bits per heavy atom. The van der Waals surface area contributed by atoms with Gasteiger partial charge in [-0.15, -0.1) is 0 Å². The minimum absolute atomic E-state index is 0.269. The molecule has 0 aliphatic carbocycles. The van der Waals surface area contributed by atoms with E-state index < -0.39 is 11.9 Å². The number of nitrogens with zero attached hydrogens (tertiary/aromatic N) is 1. The molecule has 0 atom stereocenters. The standard InChI is InChI=1S/C30H20BrClIN3O4/c1-39-20-7-4-6-17(15-20)30(38)40-25-13-12-19(31)14-18(25)16-34-36-29(37)28-26(21-8-2-3-10-23(21)32)22-9-5-11-24(33)27(22)35-28/h2-16,35H,1H3,(H,36,37). The van der Waals surface area contributed by atoms with Crippen LogP contribution in [-0.4, -0.2) is 30.2 Å². The van der Waals surface area contributed by atoms with Crippen molar-refractivity contribution in [3.63, 3.8) is 0 Å². The normalized spacial score (nSPS) is 11.1. The van der Waals surface area contributed by atoms with Gasteiger partial charge in [0.2, 0.25) is 0 Å². The molecule has 5 rings (SSSR count). The first kappa shape index (κ1) is 27.9. The van der Waals surface area contributed by atoms with Crippen LogP contribution in [0.15, 0.2) is 94.5 Å². The van der Waals surface area contributed by atoms with Crippen LogP contribution >= 0.6 is 50.1 Å². The zero-order valence-electron chi connectivity index (χ0n) is 20.9. The summed E-state index contributed by atoms with van der Waals surface area (Å²) in [6, 6.07) is 25.0. The van der Waals surface area contributed by atoms with Gasteiger partial charge in [-0.1, -0.05) is 63.9 Å². The topological polar surface area (TPSA) is 92.8 Å². The number of carbonyl (C=O) groups is 2. The number of nitrogens with one attached hydrogen (secondary N) is 2. The van der Waals surface area contributed by atoms with Crippen LogP contribution in [0.2, 0.25) is 5.02 Å². The molecule has 0 saturated heterocycles. The summed E-state index contributed by atoms with van der Waals surface area (Å²) < 4.78 is 12.5. The number of carbonyl (C=O) groups excluding carboxylic acids is 2. The predicted molar refractivity (Wildman–Crippen MR) is 169 cm³/mol. The summed E-state index contributed by atoms with van der Waals surface area (Å²) >= 11 is 12.2. The van der Waals surface area contributed by atoms with E-state index in [-0.39, 0.29) is 5.75 Å². The number of hydrogen-bond donors (Lipinski definition) is 2. The second-order valence-electron chi connectivity index (χ2n) is 8.52. The molecule has 5 aromatic rings. The Hall–Kier alpha value is -3.67. The SMILES string of the molecule is COc1cccc(C(=O)Oc2ccc(Br)cc2C=NNC(=O)c2[nH]c3c(I)cccc3c2-c2ccccc2Cl)c1. The molecule has 4 aromatic carbocycles. The number of esters is 1. The molecule has 0 spiro atoms. The van der Waals surface area contributed by atoms with Crippen molar-refractivity contribution in [1.82, 2.24) is 10.4 Å². The lowest BCUT2D eigenvalue weighted by Gasteiger charge is -2.09. The Kier molecular flexibility index (Phi) is 8.53. The lowest BCUT2D eigenvalue weighted by molar-refractivity contribution is 0.0733. The van der Waals surface area contributed by atoms with E-state index in [2.05, 4.69) is 54.0 Å². The summed E-state index contributed by atoms with van der Waals surface area (Å²) in [6.45, 7) is 0. The van der Waals surface area contributed by atoms with Crippen molar-refractivity contribution < 1.29 is 19.1 Å². The first-order valence-electron chi connectivity index (χ1n) is 11.9. The van der Waals surface area contributed by atoms with Crippen molar-refractivity contribution in [2.24, 2.45) is 5.10 Å². The smallest absolute Gasteiger partial charge is 0.343 e. The number of para-hydroxylation sites is 1. The number of ether oxygens (including phenoxy) is 2. The first-order chi connectivity index (χ1) is 19.4. The summed E-state index contributed by atoms with van der Waals surface area (Å²) in [6.07, 6.45) is 1.42. The number of hydrazone groups is 1. The fourth-order valence-corrected chi connectivity index (χ4v) is 5.38. The van der Waals surface area contributed by atoms with Gasteiger partial charge >= 0.3 is 5.97 Å². The highest BCUT2D eigenvalue weighted by Gasteiger charge is 2.22. The second kappa shape index (κ2) is 12.2. The third-order valence-electron chi connectivity index (χ3n) is 6.00. The molecule has 1 heterocycles. The number of benzene rings is 4. The minimum atomic E-state index is -0.558. The molecular weight excluding hydrogens is 709 g/mol. The van der Waals surface area contributed by atoms with Gasteiger partial charge in [-0.05, 0) is 71.1 Å². The summed E-state index contributed by atoms with van der Waals surface area (Å²) in [5.41, 5.74) is 5.95. The van der Waals surface area contributed by atoms with Gasteiger partial charge in [-0.2, -0.15) is 5.10 Å². The lowest BCUT2D eigenvalue weighted by Crippen LogP contribution is -2.19. The van der Waals surface area contributed by atoms with Crippen LogP contribution in [0, 0.1) is 3.57 Å². The molecule has 1 aromatic heterocycles. The van der Waals surface area contributed by atoms with E-state index in [1.807, 2.05) is 36.4 Å². The number of methoxy groups -OCH3 is 1. The number of halogens is 3. The van der Waals surface area contributed by atoms with Crippen LogP contribution in [0.25, 0.3) is 22.0 Å². The van der Waals surface area contributed by atoms with Gasteiger partial charge in [-0.25, -0.2) is 10.2 Å². The van der Waals surface area contributed by atoms with Crippen LogP contribution in [-0.2, 0) is 0 Å². The Bertz CT molecular complexity index is 1790. The summed E-state index contributed by atoms with van der Waals surface area (Å²) in [7, 11) is 1.52. The lowest BCUT2D eigenvalue weighted by atomic mass is 10.0. The van der Waals surface area contributed by atoms with Crippen LogP contribution in [0.1, 0.15) is 26.4 Å². The van der Waals surface area contributed by atoms with E-state index in [0.29, 0.717) is 33.2 Å². The molecule has 200 valence electrons. The molecule has 1 amide bonds. The predicted octanol–water partition coefficient (Wildman–Crippen LogP) is 7.85. The highest BCUT2D eigenvalue weighted by Crippen LogP contribution is 2.38. The molecule has 10 heteroatoms. The van der Waals surface area contributed by atoms with Gasteiger partial charge in [0, 0.05) is 35.1 Å². The van der Waals surface area contributed by atoms with Gasteiger partial charge in [-0.3, -0.25) is 4.79 Å². The average molecular weight is 729 g/mol. The third-order valence-corrected chi connectivity index (χ3v) is 7.72. The fourth-order valence-electron chi connectivity index (χ4n) is 4.13. The summed E-state index contributed by atoms with van der Waals surface area (Å²) in [4.78, 5) is 29.4. The van der Waals surface area contributed by atoms with Gasteiger partial charge in [0.25, 0.3) is 5.91 Å². The largest absolute Gasteiger partial charge is 0.497 e. The Morgan fingerprint density at radius 2 is 1.82 bits per heavy atom. The number of H-pyrrole nitrogens is 1. The number of aromatic nitrogens is 1. The molecule has 2 N–H and O–H groups in total. The van der Waals surface area contributed by atoms with E-state index in [0.717, 1.165) is 24.5 Å². The van der Waals surface area contributed by atoms with Crippen molar-refractivity contribution in [3.8, 4) is 22.6 Å². The number of aromatic amines is 1. The Labute approximate surface area is 256 Å². The van der Waals surface area contributed by atoms with Crippen LogP contribution in [0.3, 0.4) is 0 Å². The quantitative estimate of drug-likeness (QED) is 0.0588.